The van der Waals surface area contributed by atoms with E-state index < -0.39 is 5.82 Å². The van der Waals surface area contributed by atoms with Crippen LogP contribution in [0.4, 0.5) is 4.39 Å². The lowest BCUT2D eigenvalue weighted by atomic mass is 10.2. The molecule has 5 heteroatoms. The first kappa shape index (κ1) is 13.3. The topological polar surface area (TPSA) is 32.3 Å². The van der Waals surface area contributed by atoms with Crippen LogP contribution in [-0.2, 0) is 11.3 Å². The zero-order valence-electron chi connectivity index (χ0n) is 10.2. The van der Waals surface area contributed by atoms with Crippen molar-refractivity contribution in [2.45, 2.75) is 25.9 Å². The standard InChI is InChI=1S/C13H16ClFN2O/c1-2-16-12-5-6-17(13(12)18)8-9-3-4-11(15)10(14)7-9/h3-4,7,12,16H,2,5-6,8H2,1H3. The third kappa shape index (κ3) is 2.82. The third-order valence-corrected chi connectivity index (χ3v) is 3.40. The van der Waals surface area contributed by atoms with Crippen molar-refractivity contribution in [1.82, 2.24) is 10.2 Å². The molecule has 1 fully saturated rings. The average Bonchev–Trinajstić information content (AvgIpc) is 2.67. The van der Waals surface area contributed by atoms with Crippen LogP contribution < -0.4 is 5.32 Å². The Bertz CT molecular complexity index is 453. The lowest BCUT2D eigenvalue weighted by Gasteiger charge is -2.17. The van der Waals surface area contributed by atoms with Crippen molar-refractivity contribution in [3.05, 3.63) is 34.6 Å². The van der Waals surface area contributed by atoms with Crippen LogP contribution in [0.2, 0.25) is 5.02 Å². The van der Waals surface area contributed by atoms with Crippen molar-refractivity contribution in [3.63, 3.8) is 0 Å². The molecule has 1 saturated heterocycles. The van der Waals surface area contributed by atoms with Crippen LogP contribution in [-0.4, -0.2) is 29.9 Å². The normalized spacial score (nSPS) is 19.6. The molecule has 1 amide bonds. The predicted octanol–water partition coefficient (Wildman–Crippen LogP) is 2.19. The van der Waals surface area contributed by atoms with E-state index >= 15 is 0 Å². The van der Waals surface area contributed by atoms with Gasteiger partial charge in [0.1, 0.15) is 5.82 Å². The summed E-state index contributed by atoms with van der Waals surface area (Å²) in [5.41, 5.74) is 0.854. The monoisotopic (exact) mass is 270 g/mol. The van der Waals surface area contributed by atoms with E-state index in [0.717, 1.165) is 25.1 Å². The molecule has 1 atom stereocenters. The van der Waals surface area contributed by atoms with Gasteiger partial charge in [-0.05, 0) is 30.7 Å². The number of carbonyl (C=O) groups excluding carboxylic acids is 1. The Labute approximate surface area is 111 Å². The van der Waals surface area contributed by atoms with Crippen LogP contribution in [0.15, 0.2) is 18.2 Å². The fourth-order valence-electron chi connectivity index (χ4n) is 2.19. The summed E-state index contributed by atoms with van der Waals surface area (Å²) in [4.78, 5) is 13.8. The number of carbonyl (C=O) groups is 1. The number of amides is 1. The van der Waals surface area contributed by atoms with E-state index in [0.29, 0.717) is 6.54 Å². The third-order valence-electron chi connectivity index (χ3n) is 3.11. The summed E-state index contributed by atoms with van der Waals surface area (Å²) in [6.45, 7) is 3.98. The van der Waals surface area contributed by atoms with Gasteiger partial charge in [-0.15, -0.1) is 0 Å². The highest BCUT2D eigenvalue weighted by atomic mass is 35.5. The molecule has 0 bridgehead atoms. The first-order chi connectivity index (χ1) is 8.61. The first-order valence-corrected chi connectivity index (χ1v) is 6.45. The van der Waals surface area contributed by atoms with Gasteiger partial charge in [0.25, 0.3) is 0 Å². The van der Waals surface area contributed by atoms with Gasteiger partial charge in [0.2, 0.25) is 5.91 Å². The number of rotatable bonds is 4. The minimum absolute atomic E-state index is 0.0779. The molecule has 1 aliphatic heterocycles. The molecule has 1 aromatic carbocycles. The van der Waals surface area contributed by atoms with Crippen molar-refractivity contribution in [3.8, 4) is 0 Å². The second kappa shape index (κ2) is 5.67. The highest BCUT2D eigenvalue weighted by molar-refractivity contribution is 6.30. The van der Waals surface area contributed by atoms with Gasteiger partial charge in [-0.25, -0.2) is 4.39 Å². The van der Waals surface area contributed by atoms with Gasteiger partial charge in [0, 0.05) is 13.1 Å². The van der Waals surface area contributed by atoms with Gasteiger partial charge < -0.3 is 10.2 Å². The van der Waals surface area contributed by atoms with Crippen molar-refractivity contribution < 1.29 is 9.18 Å². The summed E-state index contributed by atoms with van der Waals surface area (Å²) in [7, 11) is 0. The maximum Gasteiger partial charge on any atom is 0.240 e. The number of likely N-dealkylation sites (N-methyl/N-ethyl adjacent to an activating group) is 1. The minimum Gasteiger partial charge on any atom is -0.337 e. The predicted molar refractivity (Wildman–Crippen MR) is 68.9 cm³/mol. The van der Waals surface area contributed by atoms with Crippen LogP contribution in [0.5, 0.6) is 0 Å². The highest BCUT2D eigenvalue weighted by Gasteiger charge is 2.30. The molecule has 98 valence electrons. The summed E-state index contributed by atoms with van der Waals surface area (Å²) in [6.07, 6.45) is 0.821. The van der Waals surface area contributed by atoms with Crippen LogP contribution in [0.25, 0.3) is 0 Å². The van der Waals surface area contributed by atoms with E-state index in [1.54, 1.807) is 17.0 Å². The molecule has 1 unspecified atom stereocenters. The molecule has 0 saturated carbocycles. The summed E-state index contributed by atoms with van der Waals surface area (Å²) in [5, 5.41) is 3.25. The van der Waals surface area contributed by atoms with Gasteiger partial charge in [0.15, 0.2) is 0 Å². The van der Waals surface area contributed by atoms with E-state index in [1.165, 1.54) is 6.07 Å². The van der Waals surface area contributed by atoms with Gasteiger partial charge in [-0.3, -0.25) is 4.79 Å². The van der Waals surface area contributed by atoms with E-state index in [1.807, 2.05) is 6.92 Å². The molecule has 0 radical (unpaired) electrons. The fourth-order valence-corrected chi connectivity index (χ4v) is 2.39. The zero-order valence-corrected chi connectivity index (χ0v) is 11.0. The van der Waals surface area contributed by atoms with Crippen LogP contribution >= 0.6 is 11.6 Å². The fraction of sp³-hybridized carbons (Fsp3) is 0.462. The van der Waals surface area contributed by atoms with Crippen molar-refractivity contribution in [2.75, 3.05) is 13.1 Å². The summed E-state index contributed by atoms with van der Waals surface area (Å²) in [5.74, 6) is -0.323. The Morgan fingerprint density at radius 2 is 2.33 bits per heavy atom. The quantitative estimate of drug-likeness (QED) is 0.910. The molecule has 2 rings (SSSR count). The SMILES string of the molecule is CCNC1CCN(Cc2ccc(F)c(Cl)c2)C1=O. The number of nitrogens with zero attached hydrogens (tertiary/aromatic N) is 1. The Morgan fingerprint density at radius 1 is 1.56 bits per heavy atom. The Morgan fingerprint density at radius 3 is 3.00 bits per heavy atom. The lowest BCUT2D eigenvalue weighted by molar-refractivity contribution is -0.129. The zero-order chi connectivity index (χ0) is 13.1. The van der Waals surface area contributed by atoms with Gasteiger partial charge in [-0.2, -0.15) is 0 Å². The smallest absolute Gasteiger partial charge is 0.240 e. The van der Waals surface area contributed by atoms with Crippen molar-refractivity contribution in [1.29, 1.82) is 0 Å². The molecule has 1 aliphatic rings. The minimum atomic E-state index is -0.432. The Balaban J connectivity index is 2.02. The number of hydrogen-bond donors (Lipinski definition) is 1. The number of nitrogens with one attached hydrogen (secondary N) is 1. The van der Waals surface area contributed by atoms with Crippen molar-refractivity contribution in [2.24, 2.45) is 0 Å². The molecular weight excluding hydrogens is 255 g/mol. The summed E-state index contributed by atoms with van der Waals surface area (Å²) >= 11 is 5.72. The van der Waals surface area contributed by atoms with Crippen molar-refractivity contribution >= 4 is 17.5 Å². The molecule has 1 aromatic rings. The van der Waals surface area contributed by atoms with E-state index in [2.05, 4.69) is 5.32 Å². The van der Waals surface area contributed by atoms with Crippen LogP contribution in [0, 0.1) is 5.82 Å². The summed E-state index contributed by atoms with van der Waals surface area (Å²) < 4.78 is 13.0. The molecule has 18 heavy (non-hydrogen) atoms. The largest absolute Gasteiger partial charge is 0.337 e. The van der Waals surface area contributed by atoms with Gasteiger partial charge >= 0.3 is 0 Å². The van der Waals surface area contributed by atoms with Crippen LogP contribution in [0.3, 0.4) is 0 Å². The maximum absolute atomic E-state index is 13.0. The highest BCUT2D eigenvalue weighted by Crippen LogP contribution is 2.19. The second-order valence-corrected chi connectivity index (χ2v) is 4.81. The maximum atomic E-state index is 13.0. The molecule has 0 aromatic heterocycles. The van der Waals surface area contributed by atoms with Crippen LogP contribution in [0.1, 0.15) is 18.9 Å². The number of halogens is 2. The van der Waals surface area contributed by atoms with Gasteiger partial charge in [-0.1, -0.05) is 24.6 Å². The lowest BCUT2D eigenvalue weighted by Crippen LogP contribution is -2.37. The van der Waals surface area contributed by atoms with E-state index in [-0.39, 0.29) is 17.0 Å². The molecule has 0 aliphatic carbocycles. The molecule has 0 spiro atoms. The molecule has 3 nitrogen and oxygen atoms in total. The first-order valence-electron chi connectivity index (χ1n) is 6.08. The summed E-state index contributed by atoms with van der Waals surface area (Å²) in [6, 6.07) is 4.49. The number of benzene rings is 1. The van der Waals surface area contributed by atoms with Gasteiger partial charge in [0.05, 0.1) is 11.1 Å². The second-order valence-electron chi connectivity index (χ2n) is 4.41. The van der Waals surface area contributed by atoms with E-state index in [9.17, 15) is 9.18 Å². The average molecular weight is 271 g/mol. The number of likely N-dealkylation sites (tertiary alicyclic amines) is 1. The molecule has 1 heterocycles. The Kier molecular flexibility index (Phi) is 4.19. The Hall–Kier alpha value is -1.13. The molecule has 1 N–H and O–H groups in total. The number of hydrogen-bond acceptors (Lipinski definition) is 2. The molecular formula is C13H16ClFN2O. The van der Waals surface area contributed by atoms with E-state index in [4.69, 9.17) is 11.6 Å².